The standard InChI is InChI=1S/C23H22F3N3O2/c1-30-21-12-16(19-4-2-3-5-20(19)27-21)13-29-15-28(14-22(29)10-11-22)17-6-8-18(9-7-17)31-23(24,25)26/h2-9,12H,10-11,13-15H2,1H3. The zero-order chi connectivity index (χ0) is 21.6. The maximum absolute atomic E-state index is 12.4. The number of para-hydroxylation sites is 1. The van der Waals surface area contributed by atoms with E-state index in [0.717, 1.165) is 48.1 Å². The van der Waals surface area contributed by atoms with Gasteiger partial charge in [0.1, 0.15) is 5.75 Å². The maximum Gasteiger partial charge on any atom is 0.573 e. The highest BCUT2D eigenvalue weighted by molar-refractivity contribution is 5.82. The molecule has 8 heteroatoms. The van der Waals surface area contributed by atoms with Gasteiger partial charge in [0, 0.05) is 35.8 Å². The van der Waals surface area contributed by atoms with Gasteiger partial charge in [0.2, 0.25) is 5.88 Å². The Kier molecular flexibility index (Phi) is 4.69. The molecule has 0 atom stereocenters. The summed E-state index contributed by atoms with van der Waals surface area (Å²) in [7, 11) is 1.62. The molecule has 3 aromatic rings. The fourth-order valence-corrected chi connectivity index (χ4v) is 4.39. The van der Waals surface area contributed by atoms with Crippen molar-refractivity contribution in [2.75, 3.05) is 25.2 Å². The third-order valence-electron chi connectivity index (χ3n) is 6.11. The molecule has 0 unspecified atom stereocenters. The van der Waals surface area contributed by atoms with Gasteiger partial charge < -0.3 is 14.4 Å². The number of hydrogen-bond donors (Lipinski definition) is 0. The van der Waals surface area contributed by atoms with Crippen LogP contribution in [0, 0.1) is 0 Å². The van der Waals surface area contributed by atoms with Crippen LogP contribution in [0.15, 0.2) is 54.6 Å². The van der Waals surface area contributed by atoms with E-state index in [1.54, 1.807) is 19.2 Å². The first-order chi connectivity index (χ1) is 14.9. The lowest BCUT2D eigenvalue weighted by molar-refractivity contribution is -0.274. The molecule has 5 nitrogen and oxygen atoms in total. The molecule has 162 valence electrons. The van der Waals surface area contributed by atoms with Crippen LogP contribution in [0.2, 0.25) is 0 Å². The predicted octanol–water partition coefficient (Wildman–Crippen LogP) is 4.95. The van der Waals surface area contributed by atoms with Gasteiger partial charge in [-0.25, -0.2) is 4.98 Å². The Balaban J connectivity index is 1.37. The van der Waals surface area contributed by atoms with E-state index in [1.807, 2.05) is 24.3 Å². The first-order valence-electron chi connectivity index (χ1n) is 10.1. The number of halogens is 3. The number of pyridine rings is 1. The number of aromatic nitrogens is 1. The first-order valence-corrected chi connectivity index (χ1v) is 10.1. The summed E-state index contributed by atoms with van der Waals surface area (Å²) in [6, 6.07) is 16.1. The van der Waals surface area contributed by atoms with E-state index in [1.165, 1.54) is 12.1 Å². The summed E-state index contributed by atoms with van der Waals surface area (Å²) < 4.78 is 46.7. The van der Waals surface area contributed by atoms with Crippen molar-refractivity contribution in [3.8, 4) is 11.6 Å². The van der Waals surface area contributed by atoms with Gasteiger partial charge in [-0.05, 0) is 48.7 Å². The third-order valence-corrected chi connectivity index (χ3v) is 6.11. The smallest absolute Gasteiger partial charge is 0.481 e. The molecule has 1 saturated carbocycles. The lowest BCUT2D eigenvalue weighted by Gasteiger charge is -2.23. The van der Waals surface area contributed by atoms with Crippen LogP contribution in [0.1, 0.15) is 18.4 Å². The highest BCUT2D eigenvalue weighted by Gasteiger charge is 2.53. The lowest BCUT2D eigenvalue weighted by atomic mass is 10.1. The van der Waals surface area contributed by atoms with Crippen molar-refractivity contribution < 1.29 is 22.6 Å². The van der Waals surface area contributed by atoms with Gasteiger partial charge in [0.15, 0.2) is 0 Å². The number of fused-ring (bicyclic) bond motifs is 1. The third kappa shape index (κ3) is 3.99. The van der Waals surface area contributed by atoms with Crippen molar-refractivity contribution in [1.82, 2.24) is 9.88 Å². The van der Waals surface area contributed by atoms with Crippen LogP contribution in [0.4, 0.5) is 18.9 Å². The largest absolute Gasteiger partial charge is 0.573 e. The number of hydrogen-bond acceptors (Lipinski definition) is 5. The Hall–Kier alpha value is -3.00. The highest BCUT2D eigenvalue weighted by Crippen LogP contribution is 2.48. The minimum Gasteiger partial charge on any atom is -0.481 e. The molecule has 1 spiro atoms. The Morgan fingerprint density at radius 1 is 1.06 bits per heavy atom. The van der Waals surface area contributed by atoms with E-state index >= 15 is 0 Å². The molecule has 2 aromatic carbocycles. The Bertz CT molecular complexity index is 1100. The van der Waals surface area contributed by atoms with Crippen molar-refractivity contribution in [3.05, 3.63) is 60.2 Å². The molecule has 0 amide bonds. The Morgan fingerprint density at radius 3 is 2.48 bits per heavy atom. The van der Waals surface area contributed by atoms with E-state index in [-0.39, 0.29) is 11.3 Å². The molecule has 0 bridgehead atoms. The monoisotopic (exact) mass is 429 g/mol. The second kappa shape index (κ2) is 7.30. The van der Waals surface area contributed by atoms with Crippen molar-refractivity contribution >= 4 is 16.6 Å². The molecule has 2 fully saturated rings. The zero-order valence-electron chi connectivity index (χ0n) is 17.0. The molecular formula is C23H22F3N3O2. The fraction of sp³-hybridized carbons (Fsp3) is 0.348. The molecule has 5 rings (SSSR count). The van der Waals surface area contributed by atoms with Crippen molar-refractivity contribution in [1.29, 1.82) is 0 Å². The van der Waals surface area contributed by atoms with Gasteiger partial charge in [-0.2, -0.15) is 0 Å². The average Bonchev–Trinajstić information content (AvgIpc) is 3.43. The van der Waals surface area contributed by atoms with Crippen LogP contribution in [-0.4, -0.2) is 42.1 Å². The van der Waals surface area contributed by atoms with Crippen molar-refractivity contribution in [2.45, 2.75) is 31.3 Å². The summed E-state index contributed by atoms with van der Waals surface area (Å²) in [5.41, 5.74) is 3.06. The molecule has 1 aliphatic heterocycles. The number of alkyl halides is 3. The predicted molar refractivity (Wildman–Crippen MR) is 111 cm³/mol. The van der Waals surface area contributed by atoms with E-state index in [9.17, 15) is 13.2 Å². The average molecular weight is 429 g/mol. The Morgan fingerprint density at radius 2 is 1.81 bits per heavy atom. The van der Waals surface area contributed by atoms with E-state index in [0.29, 0.717) is 12.5 Å². The molecule has 31 heavy (non-hydrogen) atoms. The number of benzene rings is 2. The summed E-state index contributed by atoms with van der Waals surface area (Å²) in [5.74, 6) is 0.388. The van der Waals surface area contributed by atoms with Gasteiger partial charge in [-0.1, -0.05) is 18.2 Å². The highest BCUT2D eigenvalue weighted by atomic mass is 19.4. The molecule has 1 aromatic heterocycles. The van der Waals surface area contributed by atoms with Crippen molar-refractivity contribution in [2.24, 2.45) is 0 Å². The van der Waals surface area contributed by atoms with Crippen LogP contribution < -0.4 is 14.4 Å². The molecule has 0 radical (unpaired) electrons. The van der Waals surface area contributed by atoms with E-state index < -0.39 is 6.36 Å². The zero-order valence-corrected chi connectivity index (χ0v) is 17.0. The first kappa shape index (κ1) is 19.9. The van der Waals surface area contributed by atoms with Gasteiger partial charge in [0.05, 0.1) is 19.3 Å². The normalized spacial score (nSPS) is 18.0. The number of ether oxygens (including phenoxy) is 2. The minimum absolute atomic E-state index is 0.110. The minimum atomic E-state index is -4.68. The van der Waals surface area contributed by atoms with Crippen LogP contribution in [0.5, 0.6) is 11.6 Å². The maximum atomic E-state index is 12.4. The SMILES string of the molecule is COc1cc(CN2CN(c3ccc(OC(F)(F)F)cc3)CC23CC3)c2ccccc2n1. The van der Waals surface area contributed by atoms with Crippen LogP contribution in [-0.2, 0) is 6.54 Å². The second-order valence-electron chi connectivity index (χ2n) is 8.14. The number of anilines is 1. The van der Waals surface area contributed by atoms with Gasteiger partial charge in [-0.15, -0.1) is 13.2 Å². The van der Waals surface area contributed by atoms with Crippen LogP contribution in [0.25, 0.3) is 10.9 Å². The van der Waals surface area contributed by atoms with Gasteiger partial charge >= 0.3 is 6.36 Å². The van der Waals surface area contributed by atoms with E-state index in [4.69, 9.17) is 4.74 Å². The second-order valence-corrected chi connectivity index (χ2v) is 8.14. The molecule has 2 heterocycles. The van der Waals surface area contributed by atoms with Crippen molar-refractivity contribution in [3.63, 3.8) is 0 Å². The molecular weight excluding hydrogens is 407 g/mol. The summed E-state index contributed by atoms with van der Waals surface area (Å²) in [5, 5.41) is 1.10. The number of rotatable bonds is 5. The van der Waals surface area contributed by atoms with Gasteiger partial charge in [0.25, 0.3) is 0 Å². The molecule has 1 aliphatic carbocycles. The fourth-order valence-electron chi connectivity index (χ4n) is 4.39. The lowest BCUT2D eigenvalue weighted by Crippen LogP contribution is -2.32. The summed E-state index contributed by atoms with van der Waals surface area (Å²) >= 11 is 0. The summed E-state index contributed by atoms with van der Waals surface area (Å²) in [6.45, 7) is 2.32. The summed E-state index contributed by atoms with van der Waals surface area (Å²) in [6.07, 6.45) is -2.46. The summed E-state index contributed by atoms with van der Waals surface area (Å²) in [4.78, 5) is 9.20. The van der Waals surface area contributed by atoms with Gasteiger partial charge in [-0.3, -0.25) is 4.90 Å². The topological polar surface area (TPSA) is 37.8 Å². The number of methoxy groups -OCH3 is 1. The van der Waals surface area contributed by atoms with E-state index in [2.05, 4.69) is 25.6 Å². The molecule has 0 N–H and O–H groups in total. The van der Waals surface area contributed by atoms with Crippen LogP contribution in [0.3, 0.4) is 0 Å². The quantitative estimate of drug-likeness (QED) is 0.574. The molecule has 2 aliphatic rings. The van der Waals surface area contributed by atoms with Crippen LogP contribution >= 0.6 is 0 Å². The number of nitrogens with zero attached hydrogens (tertiary/aromatic N) is 3. The molecule has 1 saturated heterocycles. The Labute approximate surface area is 178 Å².